The van der Waals surface area contributed by atoms with Crippen LogP contribution in [0.25, 0.3) is 16.2 Å². The van der Waals surface area contributed by atoms with Crippen LogP contribution in [0.2, 0.25) is 0 Å². The van der Waals surface area contributed by atoms with E-state index >= 15 is 0 Å². The van der Waals surface area contributed by atoms with Crippen molar-refractivity contribution in [2.75, 3.05) is 18.4 Å². The first-order valence-corrected chi connectivity index (χ1v) is 12.9. The third-order valence-electron chi connectivity index (χ3n) is 6.77. The van der Waals surface area contributed by atoms with Gasteiger partial charge in [0.15, 0.2) is 5.82 Å². The van der Waals surface area contributed by atoms with Gasteiger partial charge in [0, 0.05) is 48.7 Å². The van der Waals surface area contributed by atoms with Gasteiger partial charge >= 0.3 is 0 Å². The molecule has 5 rings (SSSR count). The number of thiazole rings is 1. The number of rotatable bonds is 7. The zero-order chi connectivity index (χ0) is 23.8. The van der Waals surface area contributed by atoms with Gasteiger partial charge in [0.1, 0.15) is 16.3 Å². The van der Waals surface area contributed by atoms with Crippen molar-refractivity contribution in [1.29, 1.82) is 0 Å². The Morgan fingerprint density at radius 2 is 1.88 bits per heavy atom. The van der Waals surface area contributed by atoms with E-state index in [1.54, 1.807) is 28.1 Å². The minimum absolute atomic E-state index is 0.106. The molecule has 9 nitrogen and oxygen atoms in total. The highest BCUT2D eigenvalue weighted by Gasteiger charge is 2.32. The second-order valence-electron chi connectivity index (χ2n) is 9.70. The quantitative estimate of drug-likeness (QED) is 0.536. The van der Waals surface area contributed by atoms with Gasteiger partial charge in [0.05, 0.1) is 11.8 Å². The topological polar surface area (TPSA) is 105 Å². The molecule has 1 aliphatic carbocycles. The largest absolute Gasteiger partial charge is 0.367 e. The van der Waals surface area contributed by atoms with Gasteiger partial charge in [-0.3, -0.25) is 9.59 Å². The number of amides is 2. The zero-order valence-corrected chi connectivity index (χ0v) is 20.6. The van der Waals surface area contributed by atoms with E-state index in [1.165, 1.54) is 0 Å². The van der Waals surface area contributed by atoms with Gasteiger partial charge in [-0.2, -0.15) is 5.10 Å². The van der Waals surface area contributed by atoms with Crippen molar-refractivity contribution in [3.8, 4) is 11.4 Å². The van der Waals surface area contributed by atoms with Gasteiger partial charge in [-0.15, -0.1) is 11.3 Å². The van der Waals surface area contributed by atoms with Crippen molar-refractivity contribution in [2.45, 2.75) is 58.5 Å². The van der Waals surface area contributed by atoms with Crippen LogP contribution in [0.5, 0.6) is 0 Å². The standard InChI is InChI=1S/C24H31N7O2S/c1-14(2)15(3)26-20-12-19(28-21(29-20)18-13-25-31-10-11-34-24(18)31)23(33)30-8-6-17(7-9-30)27-22(32)16-4-5-16/h10-17H,4-9H2,1-3H3,(H,27,32)(H,26,28,29)/t15-/m0/s1. The predicted molar refractivity (Wildman–Crippen MR) is 132 cm³/mol. The van der Waals surface area contributed by atoms with Crippen LogP contribution >= 0.6 is 11.3 Å². The number of nitrogens with one attached hydrogen (secondary N) is 2. The molecule has 2 amide bonds. The molecule has 34 heavy (non-hydrogen) atoms. The lowest BCUT2D eigenvalue weighted by molar-refractivity contribution is -0.123. The molecule has 0 spiro atoms. The number of piperidine rings is 1. The average Bonchev–Trinajstić information content (AvgIpc) is 3.45. The second kappa shape index (κ2) is 9.32. The lowest BCUT2D eigenvalue weighted by Crippen LogP contribution is -2.47. The Hall–Kier alpha value is -3.01. The van der Waals surface area contributed by atoms with E-state index in [0.29, 0.717) is 36.3 Å². The van der Waals surface area contributed by atoms with Gasteiger partial charge in [-0.25, -0.2) is 14.5 Å². The molecule has 0 radical (unpaired) electrons. The Kier molecular flexibility index (Phi) is 6.24. The van der Waals surface area contributed by atoms with Crippen molar-refractivity contribution in [3.63, 3.8) is 0 Å². The summed E-state index contributed by atoms with van der Waals surface area (Å²) in [5.74, 6) is 1.80. The van der Waals surface area contributed by atoms with E-state index in [-0.39, 0.29) is 29.8 Å². The molecule has 3 aromatic heterocycles. The smallest absolute Gasteiger partial charge is 0.272 e. The first-order chi connectivity index (χ1) is 16.4. The molecule has 4 heterocycles. The molecule has 2 N–H and O–H groups in total. The Morgan fingerprint density at radius 3 is 2.59 bits per heavy atom. The fourth-order valence-corrected chi connectivity index (χ4v) is 4.88. The molecule has 0 unspecified atom stereocenters. The lowest BCUT2D eigenvalue weighted by Gasteiger charge is -2.32. The number of hydrogen-bond donors (Lipinski definition) is 2. The van der Waals surface area contributed by atoms with Crippen LogP contribution in [0.4, 0.5) is 5.82 Å². The molecule has 1 atom stereocenters. The maximum absolute atomic E-state index is 13.5. The highest BCUT2D eigenvalue weighted by atomic mass is 32.1. The molecular formula is C24H31N7O2S. The number of carbonyl (C=O) groups excluding carboxylic acids is 2. The van der Waals surface area contributed by atoms with E-state index < -0.39 is 0 Å². The third kappa shape index (κ3) is 4.77. The molecule has 2 fully saturated rings. The number of anilines is 1. The summed E-state index contributed by atoms with van der Waals surface area (Å²) < 4.78 is 1.79. The van der Waals surface area contributed by atoms with E-state index in [1.807, 2.05) is 16.5 Å². The van der Waals surface area contributed by atoms with Crippen LogP contribution < -0.4 is 10.6 Å². The summed E-state index contributed by atoms with van der Waals surface area (Å²) >= 11 is 1.56. The molecule has 1 aliphatic heterocycles. The molecule has 180 valence electrons. The first-order valence-electron chi connectivity index (χ1n) is 12.1. The summed E-state index contributed by atoms with van der Waals surface area (Å²) in [6, 6.07) is 2.08. The maximum Gasteiger partial charge on any atom is 0.272 e. The molecule has 2 aliphatic rings. The van der Waals surface area contributed by atoms with Crippen LogP contribution in [0.3, 0.4) is 0 Å². The van der Waals surface area contributed by atoms with Gasteiger partial charge in [0.2, 0.25) is 5.91 Å². The third-order valence-corrected chi connectivity index (χ3v) is 7.66. The average molecular weight is 482 g/mol. The van der Waals surface area contributed by atoms with Gasteiger partial charge in [-0.1, -0.05) is 13.8 Å². The zero-order valence-electron chi connectivity index (χ0n) is 19.8. The molecule has 3 aromatic rings. The molecule has 10 heteroatoms. The van der Waals surface area contributed by atoms with E-state index in [9.17, 15) is 9.59 Å². The number of aromatic nitrogens is 4. The second-order valence-corrected chi connectivity index (χ2v) is 10.6. The fourth-order valence-electron chi connectivity index (χ4n) is 4.09. The number of fused-ring (bicyclic) bond motifs is 1. The summed E-state index contributed by atoms with van der Waals surface area (Å²) in [4.78, 5) is 37.7. The minimum Gasteiger partial charge on any atom is -0.367 e. The SMILES string of the molecule is CC(C)[C@H](C)Nc1cc(C(=O)N2CCC(NC(=O)C3CC3)CC2)nc(-c2cnn3ccsc23)n1. The molecule has 0 aromatic carbocycles. The summed E-state index contributed by atoms with van der Waals surface area (Å²) in [6.07, 6.45) is 7.16. The maximum atomic E-state index is 13.5. The van der Waals surface area contributed by atoms with Crippen LogP contribution in [-0.4, -0.2) is 61.5 Å². The molecule has 0 bridgehead atoms. The van der Waals surface area contributed by atoms with E-state index in [4.69, 9.17) is 4.98 Å². The van der Waals surface area contributed by atoms with Crippen molar-refractivity contribution in [2.24, 2.45) is 11.8 Å². The number of hydrogen-bond acceptors (Lipinski definition) is 7. The van der Waals surface area contributed by atoms with Gasteiger partial charge in [0.25, 0.3) is 5.91 Å². The first kappa shape index (κ1) is 22.8. The molecule has 1 saturated carbocycles. The Balaban J connectivity index is 1.37. The van der Waals surface area contributed by atoms with Crippen LogP contribution in [0.1, 0.15) is 56.9 Å². The Morgan fingerprint density at radius 1 is 1.12 bits per heavy atom. The number of nitrogens with zero attached hydrogens (tertiary/aromatic N) is 5. The highest BCUT2D eigenvalue weighted by molar-refractivity contribution is 7.16. The van der Waals surface area contributed by atoms with Gasteiger partial charge < -0.3 is 15.5 Å². The Bertz CT molecular complexity index is 1190. The predicted octanol–water partition coefficient (Wildman–Crippen LogP) is 3.44. The number of carbonyl (C=O) groups is 2. The minimum atomic E-state index is -0.106. The van der Waals surface area contributed by atoms with Crippen molar-refractivity contribution in [3.05, 3.63) is 29.5 Å². The monoisotopic (exact) mass is 481 g/mol. The van der Waals surface area contributed by atoms with Crippen LogP contribution in [0.15, 0.2) is 23.8 Å². The summed E-state index contributed by atoms with van der Waals surface area (Å²) in [7, 11) is 0. The number of likely N-dealkylation sites (tertiary alicyclic amines) is 1. The van der Waals surface area contributed by atoms with Crippen molar-refractivity contribution >= 4 is 33.8 Å². The van der Waals surface area contributed by atoms with Crippen LogP contribution in [0, 0.1) is 11.8 Å². The Labute approximate surface area is 203 Å². The van der Waals surface area contributed by atoms with Crippen molar-refractivity contribution in [1.82, 2.24) is 29.8 Å². The molecular weight excluding hydrogens is 450 g/mol. The highest BCUT2D eigenvalue weighted by Crippen LogP contribution is 2.30. The van der Waals surface area contributed by atoms with E-state index in [0.717, 1.165) is 36.1 Å². The normalized spacial score (nSPS) is 17.8. The van der Waals surface area contributed by atoms with E-state index in [2.05, 4.69) is 41.5 Å². The van der Waals surface area contributed by atoms with Crippen LogP contribution in [-0.2, 0) is 4.79 Å². The fraction of sp³-hybridized carbons (Fsp3) is 0.542. The van der Waals surface area contributed by atoms with Gasteiger partial charge in [-0.05, 0) is 38.5 Å². The summed E-state index contributed by atoms with van der Waals surface area (Å²) in [6.45, 7) is 7.59. The lowest BCUT2D eigenvalue weighted by atomic mass is 10.0. The summed E-state index contributed by atoms with van der Waals surface area (Å²) in [5, 5.41) is 12.9. The summed E-state index contributed by atoms with van der Waals surface area (Å²) in [5.41, 5.74) is 1.19. The van der Waals surface area contributed by atoms with Crippen molar-refractivity contribution < 1.29 is 9.59 Å². The molecule has 1 saturated heterocycles.